The minimum atomic E-state index is 0.555. The number of anilines is 1. The summed E-state index contributed by atoms with van der Waals surface area (Å²) in [5.41, 5.74) is 0. The van der Waals surface area contributed by atoms with E-state index in [1.54, 1.807) is 24.9 Å². The molecule has 6 heteroatoms. The number of rotatable bonds is 7. The topological polar surface area (TPSA) is 34.2 Å². The molecule has 1 aromatic heterocycles. The highest BCUT2D eigenvalue weighted by molar-refractivity contribution is 7.99. The largest absolute Gasteiger partial charge is 0.384 e. The van der Waals surface area contributed by atoms with Gasteiger partial charge in [-0.1, -0.05) is 30.1 Å². The zero-order chi connectivity index (χ0) is 12.7. The number of ether oxygens (including phenoxy) is 1. The van der Waals surface area contributed by atoms with Crippen LogP contribution in [0.15, 0.2) is 11.1 Å². The molecule has 1 heterocycles. The predicted octanol–water partition coefficient (Wildman–Crippen LogP) is 3.95. The lowest BCUT2D eigenvalue weighted by molar-refractivity contribution is 0.218. The van der Waals surface area contributed by atoms with E-state index in [-0.39, 0.29) is 0 Å². The summed E-state index contributed by atoms with van der Waals surface area (Å²) in [6, 6.07) is 1.73. The Labute approximate surface area is 116 Å². The highest BCUT2D eigenvalue weighted by Crippen LogP contribution is 2.31. The van der Waals surface area contributed by atoms with Gasteiger partial charge in [0.25, 0.3) is 0 Å². The summed E-state index contributed by atoms with van der Waals surface area (Å²) in [6.45, 7) is 3.60. The van der Waals surface area contributed by atoms with Crippen LogP contribution >= 0.6 is 35.0 Å². The van der Waals surface area contributed by atoms with Crippen LogP contribution in [0.5, 0.6) is 0 Å². The van der Waals surface area contributed by atoms with Crippen molar-refractivity contribution in [3.05, 3.63) is 16.1 Å². The Kier molecular flexibility index (Phi) is 7.04. The van der Waals surface area contributed by atoms with E-state index in [1.807, 2.05) is 0 Å². The Balaban J connectivity index is 2.74. The van der Waals surface area contributed by atoms with Crippen LogP contribution in [0.25, 0.3) is 0 Å². The Hall–Kier alpha value is -0.160. The van der Waals surface area contributed by atoms with Crippen molar-refractivity contribution in [2.75, 3.05) is 31.3 Å². The molecule has 0 fully saturated rings. The van der Waals surface area contributed by atoms with Crippen LogP contribution in [-0.4, -0.2) is 31.0 Å². The normalized spacial score (nSPS) is 10.6. The summed E-state index contributed by atoms with van der Waals surface area (Å²) in [5.74, 6) is 1.51. The maximum absolute atomic E-state index is 6.08. The van der Waals surface area contributed by atoms with Gasteiger partial charge in [0.2, 0.25) is 0 Å². The maximum atomic E-state index is 6.08. The first kappa shape index (κ1) is 14.9. The van der Waals surface area contributed by atoms with Crippen molar-refractivity contribution in [2.45, 2.75) is 18.4 Å². The second kappa shape index (κ2) is 8.03. The molecular formula is C11H16Cl2N2OS. The lowest BCUT2D eigenvalue weighted by atomic mass is 10.4. The van der Waals surface area contributed by atoms with Crippen molar-refractivity contribution >= 4 is 40.8 Å². The molecule has 1 aromatic rings. The van der Waals surface area contributed by atoms with E-state index < -0.39 is 0 Å². The number of thioether (sulfide) groups is 1. The van der Waals surface area contributed by atoms with Gasteiger partial charge in [0, 0.05) is 19.4 Å². The van der Waals surface area contributed by atoms with E-state index in [9.17, 15) is 0 Å². The molecule has 3 nitrogen and oxygen atoms in total. The van der Waals surface area contributed by atoms with Gasteiger partial charge < -0.3 is 10.1 Å². The maximum Gasteiger partial charge on any atom is 0.146 e. The van der Waals surface area contributed by atoms with Gasteiger partial charge in [0.15, 0.2) is 0 Å². The van der Waals surface area contributed by atoms with Gasteiger partial charge >= 0.3 is 0 Å². The van der Waals surface area contributed by atoms with Crippen molar-refractivity contribution in [1.29, 1.82) is 0 Å². The fraction of sp³-hybridized carbons (Fsp3) is 0.545. The van der Waals surface area contributed by atoms with Crippen molar-refractivity contribution in [3.8, 4) is 0 Å². The van der Waals surface area contributed by atoms with Crippen LogP contribution in [0.2, 0.25) is 10.0 Å². The second-order valence-electron chi connectivity index (χ2n) is 3.37. The summed E-state index contributed by atoms with van der Waals surface area (Å²) in [4.78, 5) is 4.41. The van der Waals surface area contributed by atoms with Crippen molar-refractivity contribution < 1.29 is 4.74 Å². The second-order valence-corrected chi connectivity index (χ2v) is 5.27. The Morgan fingerprint density at radius 1 is 1.41 bits per heavy atom. The minimum absolute atomic E-state index is 0.555. The van der Waals surface area contributed by atoms with Gasteiger partial charge in [-0.25, -0.2) is 4.98 Å². The van der Waals surface area contributed by atoms with Gasteiger partial charge in [-0.05, 0) is 12.5 Å². The summed E-state index contributed by atoms with van der Waals surface area (Å²) >= 11 is 13.7. The van der Waals surface area contributed by atoms with Gasteiger partial charge in [-0.15, -0.1) is 11.8 Å². The van der Waals surface area contributed by atoms with Crippen LogP contribution in [0.1, 0.15) is 13.3 Å². The van der Waals surface area contributed by atoms with E-state index >= 15 is 0 Å². The highest BCUT2D eigenvalue weighted by atomic mass is 35.5. The molecular weight excluding hydrogens is 279 g/mol. The third kappa shape index (κ3) is 4.92. The lowest BCUT2D eigenvalue weighted by Crippen LogP contribution is -2.03. The third-order valence-electron chi connectivity index (χ3n) is 1.97. The molecule has 0 unspecified atom stereocenters. The van der Waals surface area contributed by atoms with E-state index in [1.165, 1.54) is 0 Å². The van der Waals surface area contributed by atoms with Crippen molar-refractivity contribution in [3.63, 3.8) is 0 Å². The summed E-state index contributed by atoms with van der Waals surface area (Å²) < 4.78 is 4.99. The van der Waals surface area contributed by atoms with Crippen LogP contribution in [0.4, 0.5) is 5.82 Å². The first-order chi connectivity index (χ1) is 8.19. The smallest absolute Gasteiger partial charge is 0.146 e. The number of nitrogens with one attached hydrogen (secondary N) is 1. The van der Waals surface area contributed by atoms with Crippen molar-refractivity contribution in [2.24, 2.45) is 0 Å². The fourth-order valence-electron chi connectivity index (χ4n) is 1.14. The van der Waals surface area contributed by atoms with E-state index in [2.05, 4.69) is 17.2 Å². The average molecular weight is 295 g/mol. The van der Waals surface area contributed by atoms with Gasteiger partial charge in [0.1, 0.15) is 10.8 Å². The molecule has 0 aromatic carbocycles. The third-order valence-corrected chi connectivity index (χ3v) is 3.61. The predicted molar refractivity (Wildman–Crippen MR) is 75.6 cm³/mol. The minimum Gasteiger partial charge on any atom is -0.384 e. The lowest BCUT2D eigenvalue weighted by Gasteiger charge is -2.10. The molecule has 17 heavy (non-hydrogen) atoms. The summed E-state index contributed by atoms with van der Waals surface area (Å²) in [5, 5.41) is 5.10. The molecule has 0 aliphatic rings. The Bertz CT molecular complexity index is 364. The molecule has 0 aliphatic carbocycles. The van der Waals surface area contributed by atoms with E-state index in [0.29, 0.717) is 22.5 Å². The van der Waals surface area contributed by atoms with Gasteiger partial charge in [0.05, 0.1) is 16.7 Å². The number of nitrogens with zero attached hydrogens (tertiary/aromatic N) is 1. The first-order valence-electron chi connectivity index (χ1n) is 5.40. The number of hydrogen-bond donors (Lipinski definition) is 1. The summed E-state index contributed by atoms with van der Waals surface area (Å²) in [7, 11) is 1.67. The number of hydrogen-bond acceptors (Lipinski definition) is 4. The molecule has 0 bridgehead atoms. The number of pyridine rings is 1. The number of aromatic nitrogens is 1. The zero-order valence-electron chi connectivity index (χ0n) is 9.93. The van der Waals surface area contributed by atoms with E-state index in [0.717, 1.165) is 23.7 Å². The highest BCUT2D eigenvalue weighted by Gasteiger charge is 2.09. The molecule has 0 saturated carbocycles. The van der Waals surface area contributed by atoms with Crippen LogP contribution < -0.4 is 5.32 Å². The molecule has 0 saturated heterocycles. The average Bonchev–Trinajstić information content (AvgIpc) is 2.31. The van der Waals surface area contributed by atoms with Crippen LogP contribution in [0.3, 0.4) is 0 Å². The quantitative estimate of drug-likeness (QED) is 0.610. The van der Waals surface area contributed by atoms with Gasteiger partial charge in [-0.2, -0.15) is 0 Å². The van der Waals surface area contributed by atoms with Crippen LogP contribution in [0, 0.1) is 0 Å². The molecule has 0 atom stereocenters. The first-order valence-corrected chi connectivity index (χ1v) is 7.14. The number of halogens is 2. The SMILES string of the molecule is CCCNc1nc(SCCOC)c(Cl)cc1Cl. The van der Waals surface area contributed by atoms with Crippen LogP contribution in [-0.2, 0) is 4.74 Å². The molecule has 1 rings (SSSR count). The van der Waals surface area contributed by atoms with Gasteiger partial charge in [-0.3, -0.25) is 0 Å². The molecule has 96 valence electrons. The molecule has 1 N–H and O–H groups in total. The molecule has 0 radical (unpaired) electrons. The van der Waals surface area contributed by atoms with E-state index in [4.69, 9.17) is 27.9 Å². The summed E-state index contributed by atoms with van der Waals surface area (Å²) in [6.07, 6.45) is 1.02. The van der Waals surface area contributed by atoms with Crippen molar-refractivity contribution in [1.82, 2.24) is 4.98 Å². The molecule has 0 spiro atoms. The number of methoxy groups -OCH3 is 1. The fourth-order valence-corrected chi connectivity index (χ4v) is 2.53. The zero-order valence-corrected chi connectivity index (χ0v) is 12.3. The monoisotopic (exact) mass is 294 g/mol. The Morgan fingerprint density at radius 2 is 2.18 bits per heavy atom. The molecule has 0 amide bonds. The standard InChI is InChI=1S/C11H16Cl2N2OS/c1-3-4-14-10-8(12)7-9(13)11(15-10)17-6-5-16-2/h7H,3-6H2,1-2H3,(H,14,15). The Morgan fingerprint density at radius 3 is 2.82 bits per heavy atom. The molecule has 0 aliphatic heterocycles.